The molecule has 1 amide bonds. The highest BCUT2D eigenvalue weighted by Gasteiger charge is 2.15. The van der Waals surface area contributed by atoms with E-state index in [1.807, 2.05) is 19.1 Å². The van der Waals surface area contributed by atoms with Crippen LogP contribution in [0.1, 0.15) is 25.3 Å². The number of aryl methyl sites for hydroxylation is 1. The van der Waals surface area contributed by atoms with Gasteiger partial charge in [-0.05, 0) is 36.6 Å². The van der Waals surface area contributed by atoms with Crippen LogP contribution in [0.2, 0.25) is 0 Å². The van der Waals surface area contributed by atoms with E-state index in [0.29, 0.717) is 18.6 Å². The Labute approximate surface area is 123 Å². The molecule has 1 aromatic rings. The summed E-state index contributed by atoms with van der Waals surface area (Å²) in [5, 5.41) is 2.80. The maximum absolute atomic E-state index is 11.5. The SMILES string of the molecule is CC/C=C/COC(=O)COc1ccc2c(c1)CCC(=O)N2. The van der Waals surface area contributed by atoms with Crippen LogP contribution in [0.4, 0.5) is 5.69 Å². The van der Waals surface area contributed by atoms with Gasteiger partial charge in [0.1, 0.15) is 12.4 Å². The third kappa shape index (κ3) is 4.63. The minimum atomic E-state index is -0.401. The van der Waals surface area contributed by atoms with Crippen molar-refractivity contribution in [1.82, 2.24) is 0 Å². The molecule has 5 nitrogen and oxygen atoms in total. The maximum atomic E-state index is 11.5. The maximum Gasteiger partial charge on any atom is 0.344 e. The first-order valence-corrected chi connectivity index (χ1v) is 7.05. The van der Waals surface area contributed by atoms with E-state index in [4.69, 9.17) is 9.47 Å². The fourth-order valence-corrected chi connectivity index (χ4v) is 2.01. The van der Waals surface area contributed by atoms with E-state index in [1.54, 1.807) is 18.2 Å². The normalized spacial score (nSPS) is 13.7. The average molecular weight is 289 g/mol. The van der Waals surface area contributed by atoms with Crippen LogP contribution in [-0.2, 0) is 20.7 Å². The highest BCUT2D eigenvalue weighted by atomic mass is 16.6. The van der Waals surface area contributed by atoms with Gasteiger partial charge in [0.05, 0.1) is 0 Å². The molecule has 2 rings (SSSR count). The van der Waals surface area contributed by atoms with Crippen LogP contribution in [0.3, 0.4) is 0 Å². The second kappa shape index (κ2) is 7.47. The van der Waals surface area contributed by atoms with Crippen molar-refractivity contribution >= 4 is 17.6 Å². The van der Waals surface area contributed by atoms with Gasteiger partial charge in [0.15, 0.2) is 6.61 Å². The molecule has 0 spiro atoms. The molecule has 0 saturated carbocycles. The predicted molar refractivity (Wildman–Crippen MR) is 79.3 cm³/mol. The number of hydrogen-bond donors (Lipinski definition) is 1. The van der Waals surface area contributed by atoms with Gasteiger partial charge in [-0.25, -0.2) is 4.79 Å². The molecule has 1 heterocycles. The first-order valence-electron chi connectivity index (χ1n) is 7.05. The Hall–Kier alpha value is -2.30. The lowest BCUT2D eigenvalue weighted by Gasteiger charge is -2.17. The lowest BCUT2D eigenvalue weighted by molar-refractivity contribution is -0.144. The number of ether oxygens (including phenoxy) is 2. The van der Waals surface area contributed by atoms with Crippen LogP contribution in [0.15, 0.2) is 30.4 Å². The van der Waals surface area contributed by atoms with Gasteiger partial charge in [-0.15, -0.1) is 0 Å². The van der Waals surface area contributed by atoms with Crippen molar-refractivity contribution in [2.75, 3.05) is 18.5 Å². The molecule has 0 atom stereocenters. The molecular formula is C16H19NO4. The molecule has 21 heavy (non-hydrogen) atoms. The Bertz CT molecular complexity index is 551. The van der Waals surface area contributed by atoms with Gasteiger partial charge in [0.2, 0.25) is 5.91 Å². The molecule has 0 fully saturated rings. The van der Waals surface area contributed by atoms with Crippen molar-refractivity contribution in [2.24, 2.45) is 0 Å². The van der Waals surface area contributed by atoms with Crippen LogP contribution < -0.4 is 10.1 Å². The van der Waals surface area contributed by atoms with E-state index in [1.165, 1.54) is 0 Å². The van der Waals surface area contributed by atoms with Gasteiger partial charge in [-0.3, -0.25) is 4.79 Å². The first kappa shape index (κ1) is 15.1. The summed E-state index contributed by atoms with van der Waals surface area (Å²) in [5.74, 6) is 0.229. The van der Waals surface area contributed by atoms with E-state index in [2.05, 4.69) is 5.32 Å². The Morgan fingerprint density at radius 2 is 2.19 bits per heavy atom. The summed E-state index contributed by atoms with van der Waals surface area (Å²) in [5.41, 5.74) is 1.83. The third-order valence-corrected chi connectivity index (χ3v) is 3.07. The molecule has 1 aliphatic heterocycles. The molecule has 5 heteroatoms. The van der Waals surface area contributed by atoms with Crippen LogP contribution in [0.5, 0.6) is 5.75 Å². The van der Waals surface area contributed by atoms with Crippen molar-refractivity contribution < 1.29 is 19.1 Å². The standard InChI is InChI=1S/C16H19NO4/c1-2-3-4-9-20-16(19)11-21-13-6-7-14-12(10-13)5-8-15(18)17-14/h3-4,6-7,10H,2,5,8-9,11H2,1H3,(H,17,18)/b4-3+. The number of carbonyl (C=O) groups excluding carboxylic acids is 2. The van der Waals surface area contributed by atoms with Gasteiger partial charge >= 0.3 is 5.97 Å². The fourth-order valence-electron chi connectivity index (χ4n) is 2.01. The molecule has 0 unspecified atom stereocenters. The van der Waals surface area contributed by atoms with Crippen LogP contribution in [0, 0.1) is 0 Å². The fraction of sp³-hybridized carbons (Fsp3) is 0.375. The largest absolute Gasteiger partial charge is 0.482 e. The summed E-state index contributed by atoms with van der Waals surface area (Å²) in [6, 6.07) is 5.37. The van der Waals surface area contributed by atoms with E-state index in [-0.39, 0.29) is 19.1 Å². The molecule has 0 saturated heterocycles. The van der Waals surface area contributed by atoms with Gasteiger partial charge in [-0.2, -0.15) is 0 Å². The summed E-state index contributed by atoms with van der Waals surface area (Å²) in [6.45, 7) is 2.16. The Kier molecular flexibility index (Phi) is 5.37. The number of amides is 1. The van der Waals surface area contributed by atoms with Gasteiger partial charge < -0.3 is 14.8 Å². The van der Waals surface area contributed by atoms with Gasteiger partial charge in [-0.1, -0.05) is 19.1 Å². The van der Waals surface area contributed by atoms with Gasteiger partial charge in [0.25, 0.3) is 0 Å². The summed E-state index contributed by atoms with van der Waals surface area (Å²) in [7, 11) is 0. The second-order valence-corrected chi connectivity index (χ2v) is 4.72. The quantitative estimate of drug-likeness (QED) is 0.645. The Balaban J connectivity index is 1.82. The van der Waals surface area contributed by atoms with Gasteiger partial charge in [0, 0.05) is 12.1 Å². The summed E-state index contributed by atoms with van der Waals surface area (Å²) >= 11 is 0. The summed E-state index contributed by atoms with van der Waals surface area (Å²) < 4.78 is 10.4. The minimum Gasteiger partial charge on any atom is -0.482 e. The Morgan fingerprint density at radius 1 is 1.33 bits per heavy atom. The summed E-state index contributed by atoms with van der Waals surface area (Å²) in [4.78, 5) is 22.7. The number of benzene rings is 1. The van der Waals surface area contributed by atoms with Crippen molar-refractivity contribution in [1.29, 1.82) is 0 Å². The lowest BCUT2D eigenvalue weighted by Crippen LogP contribution is -2.19. The van der Waals surface area contributed by atoms with Crippen LogP contribution in [0.25, 0.3) is 0 Å². The highest BCUT2D eigenvalue weighted by molar-refractivity contribution is 5.94. The molecule has 0 aliphatic carbocycles. The number of carbonyl (C=O) groups is 2. The second-order valence-electron chi connectivity index (χ2n) is 4.72. The van der Waals surface area contributed by atoms with E-state index >= 15 is 0 Å². The van der Waals surface area contributed by atoms with Crippen molar-refractivity contribution in [3.63, 3.8) is 0 Å². The van der Waals surface area contributed by atoms with Crippen molar-refractivity contribution in [2.45, 2.75) is 26.2 Å². The predicted octanol–water partition coefficient (Wildman–Crippen LogP) is 2.46. The highest BCUT2D eigenvalue weighted by Crippen LogP contribution is 2.26. The molecule has 0 bridgehead atoms. The van der Waals surface area contributed by atoms with E-state index in [9.17, 15) is 9.59 Å². The number of nitrogens with one attached hydrogen (secondary N) is 1. The van der Waals surface area contributed by atoms with Crippen LogP contribution >= 0.6 is 0 Å². The molecule has 1 aromatic carbocycles. The zero-order chi connectivity index (χ0) is 15.1. The monoisotopic (exact) mass is 289 g/mol. The number of allylic oxidation sites excluding steroid dienone is 1. The molecule has 1 N–H and O–H groups in total. The number of fused-ring (bicyclic) bond motifs is 1. The van der Waals surface area contributed by atoms with E-state index < -0.39 is 5.97 Å². The molecule has 112 valence electrons. The molecule has 0 radical (unpaired) electrons. The minimum absolute atomic E-state index is 0.0277. The zero-order valence-electron chi connectivity index (χ0n) is 12.1. The lowest BCUT2D eigenvalue weighted by atomic mass is 10.0. The smallest absolute Gasteiger partial charge is 0.344 e. The number of anilines is 1. The molecular weight excluding hydrogens is 270 g/mol. The Morgan fingerprint density at radius 3 is 3.00 bits per heavy atom. The van der Waals surface area contributed by atoms with Crippen molar-refractivity contribution in [3.8, 4) is 5.75 Å². The van der Waals surface area contributed by atoms with Crippen molar-refractivity contribution in [3.05, 3.63) is 35.9 Å². The number of hydrogen-bond acceptors (Lipinski definition) is 4. The van der Waals surface area contributed by atoms with Crippen LogP contribution in [-0.4, -0.2) is 25.1 Å². The molecule has 1 aliphatic rings. The third-order valence-electron chi connectivity index (χ3n) is 3.07. The van der Waals surface area contributed by atoms with E-state index in [0.717, 1.165) is 17.7 Å². The average Bonchev–Trinajstić information content (AvgIpc) is 2.49. The summed E-state index contributed by atoms with van der Waals surface area (Å²) in [6.07, 6.45) is 5.82. The first-order chi connectivity index (χ1) is 10.2. The topological polar surface area (TPSA) is 64.6 Å². The number of esters is 1. The number of rotatable bonds is 6. The molecule has 0 aromatic heterocycles. The zero-order valence-corrected chi connectivity index (χ0v) is 12.1.